The summed E-state index contributed by atoms with van der Waals surface area (Å²) in [6, 6.07) is 2.87. The van der Waals surface area contributed by atoms with E-state index in [9.17, 15) is 9.59 Å². The zero-order chi connectivity index (χ0) is 15.7. The molecule has 0 saturated heterocycles. The molecule has 0 aromatic carbocycles. The van der Waals surface area contributed by atoms with Crippen LogP contribution in [-0.4, -0.2) is 55.9 Å². The topological polar surface area (TPSA) is 86.8 Å². The average Bonchev–Trinajstić information content (AvgIpc) is 2.46. The molecular weight excluding hydrogens is 274 g/mol. The number of carbonyl (C=O) groups is 1. The van der Waals surface area contributed by atoms with Crippen LogP contribution in [0.25, 0.3) is 0 Å². The number of carbonyl (C=O) groups excluding carboxylic acids is 1. The first kappa shape index (κ1) is 17.2. The van der Waals surface area contributed by atoms with Gasteiger partial charge >= 0.3 is 0 Å². The van der Waals surface area contributed by atoms with Crippen molar-refractivity contribution in [1.82, 2.24) is 9.47 Å². The van der Waals surface area contributed by atoms with Crippen LogP contribution in [0.1, 0.15) is 6.42 Å². The number of amides is 1. The van der Waals surface area contributed by atoms with E-state index in [-0.39, 0.29) is 18.0 Å². The number of anilines is 1. The molecule has 118 valence electrons. The van der Waals surface area contributed by atoms with Crippen molar-refractivity contribution in [2.24, 2.45) is 0 Å². The minimum Gasteiger partial charge on any atom is -0.398 e. The van der Waals surface area contributed by atoms with E-state index in [2.05, 4.69) is 0 Å². The second-order valence-corrected chi connectivity index (χ2v) is 4.65. The van der Waals surface area contributed by atoms with E-state index >= 15 is 0 Å². The smallest absolute Gasteiger partial charge is 0.251 e. The van der Waals surface area contributed by atoms with Crippen LogP contribution < -0.4 is 11.3 Å². The van der Waals surface area contributed by atoms with Crippen molar-refractivity contribution in [3.63, 3.8) is 0 Å². The summed E-state index contributed by atoms with van der Waals surface area (Å²) >= 11 is 0. The third kappa shape index (κ3) is 5.97. The van der Waals surface area contributed by atoms with Gasteiger partial charge in [0.25, 0.3) is 5.56 Å². The van der Waals surface area contributed by atoms with Crippen LogP contribution in [0.3, 0.4) is 0 Å². The summed E-state index contributed by atoms with van der Waals surface area (Å²) in [4.78, 5) is 25.7. The molecule has 0 fully saturated rings. The molecule has 0 aliphatic heterocycles. The molecule has 0 radical (unpaired) electrons. The van der Waals surface area contributed by atoms with Crippen molar-refractivity contribution in [2.45, 2.75) is 13.0 Å². The van der Waals surface area contributed by atoms with E-state index < -0.39 is 0 Å². The highest BCUT2D eigenvalue weighted by Gasteiger charge is 2.14. The summed E-state index contributed by atoms with van der Waals surface area (Å²) in [5.41, 5.74) is 5.84. The monoisotopic (exact) mass is 297 g/mol. The van der Waals surface area contributed by atoms with E-state index in [4.69, 9.17) is 15.2 Å². The summed E-state index contributed by atoms with van der Waals surface area (Å²) in [7, 11) is 3.20. The number of hydrogen-bond acceptors (Lipinski definition) is 5. The van der Waals surface area contributed by atoms with Gasteiger partial charge in [0.15, 0.2) is 0 Å². The van der Waals surface area contributed by atoms with Crippen LogP contribution in [0.15, 0.2) is 23.1 Å². The third-order valence-electron chi connectivity index (χ3n) is 3.01. The number of pyridine rings is 1. The predicted molar refractivity (Wildman–Crippen MR) is 80.1 cm³/mol. The predicted octanol–water partition coefficient (Wildman–Crippen LogP) is -0.0580. The van der Waals surface area contributed by atoms with E-state index in [0.29, 0.717) is 32.0 Å². The number of nitrogens with two attached hydrogens (primary N) is 1. The fraction of sp³-hybridized carbons (Fsp3) is 0.571. The number of rotatable bonds is 9. The number of methoxy groups -OCH3 is 2. The lowest BCUT2D eigenvalue weighted by molar-refractivity contribution is -0.132. The van der Waals surface area contributed by atoms with E-state index in [0.717, 1.165) is 6.42 Å². The lowest BCUT2D eigenvalue weighted by Gasteiger charge is -2.22. The first-order valence-corrected chi connectivity index (χ1v) is 6.80. The summed E-state index contributed by atoms with van der Waals surface area (Å²) < 4.78 is 11.3. The Balaban J connectivity index is 2.69. The van der Waals surface area contributed by atoms with Gasteiger partial charge in [0, 0.05) is 51.9 Å². The second kappa shape index (κ2) is 9.15. The summed E-state index contributed by atoms with van der Waals surface area (Å²) in [5, 5.41) is 0. The molecule has 0 saturated carbocycles. The maximum absolute atomic E-state index is 12.3. The first-order chi connectivity index (χ1) is 10.1. The number of aromatic nitrogens is 1. The molecule has 1 aromatic rings. The van der Waals surface area contributed by atoms with Gasteiger partial charge in [0.2, 0.25) is 5.91 Å². The van der Waals surface area contributed by atoms with Gasteiger partial charge in [-0.15, -0.1) is 0 Å². The summed E-state index contributed by atoms with van der Waals surface area (Å²) in [5.74, 6) is -0.143. The fourth-order valence-corrected chi connectivity index (χ4v) is 1.88. The van der Waals surface area contributed by atoms with Gasteiger partial charge in [-0.1, -0.05) is 0 Å². The zero-order valence-electron chi connectivity index (χ0n) is 12.6. The lowest BCUT2D eigenvalue weighted by atomic mass is 10.3. The van der Waals surface area contributed by atoms with Crippen molar-refractivity contribution in [3.05, 3.63) is 28.7 Å². The van der Waals surface area contributed by atoms with Crippen LogP contribution in [0.5, 0.6) is 0 Å². The maximum atomic E-state index is 12.3. The summed E-state index contributed by atoms with van der Waals surface area (Å²) in [6.45, 7) is 2.04. The SMILES string of the molecule is COCCCN(CCOC)C(=O)Cn1cc(N)ccc1=O. The molecule has 0 bridgehead atoms. The third-order valence-corrected chi connectivity index (χ3v) is 3.01. The van der Waals surface area contributed by atoms with Gasteiger partial charge in [-0.05, 0) is 12.5 Å². The highest BCUT2D eigenvalue weighted by molar-refractivity contribution is 5.76. The van der Waals surface area contributed by atoms with Gasteiger partial charge in [0.1, 0.15) is 6.54 Å². The Morgan fingerprint density at radius 3 is 2.62 bits per heavy atom. The Bertz CT molecular complexity index is 501. The van der Waals surface area contributed by atoms with Crippen molar-refractivity contribution in [2.75, 3.05) is 46.3 Å². The number of ether oxygens (including phenoxy) is 2. The van der Waals surface area contributed by atoms with Crippen molar-refractivity contribution >= 4 is 11.6 Å². The standard InChI is InChI=1S/C14H23N3O4/c1-20-8-3-6-16(7-9-21-2)14(19)11-17-10-12(15)4-5-13(17)18/h4-5,10H,3,6-9,11,15H2,1-2H3. The molecule has 0 aliphatic rings. The normalized spacial score (nSPS) is 10.6. The van der Waals surface area contributed by atoms with E-state index in [1.165, 1.54) is 22.9 Å². The average molecular weight is 297 g/mol. The van der Waals surface area contributed by atoms with Crippen molar-refractivity contribution in [1.29, 1.82) is 0 Å². The first-order valence-electron chi connectivity index (χ1n) is 6.80. The van der Waals surface area contributed by atoms with Crippen LogP contribution in [0, 0.1) is 0 Å². The molecule has 2 N–H and O–H groups in total. The maximum Gasteiger partial charge on any atom is 0.251 e. The Morgan fingerprint density at radius 1 is 1.24 bits per heavy atom. The minimum absolute atomic E-state index is 0.0272. The molecular formula is C14H23N3O4. The molecule has 0 atom stereocenters. The molecule has 7 heteroatoms. The van der Waals surface area contributed by atoms with Gasteiger partial charge in [-0.25, -0.2) is 0 Å². The zero-order valence-corrected chi connectivity index (χ0v) is 12.6. The van der Waals surface area contributed by atoms with Crippen LogP contribution in [0.2, 0.25) is 0 Å². The lowest BCUT2D eigenvalue weighted by Crippen LogP contribution is -2.39. The molecule has 1 rings (SSSR count). The Labute approximate surface area is 124 Å². The highest BCUT2D eigenvalue weighted by Crippen LogP contribution is 2.00. The summed E-state index contributed by atoms with van der Waals surface area (Å²) in [6.07, 6.45) is 2.21. The Kier molecular flexibility index (Phi) is 7.49. The molecule has 7 nitrogen and oxygen atoms in total. The van der Waals surface area contributed by atoms with Gasteiger partial charge in [-0.3, -0.25) is 9.59 Å². The largest absolute Gasteiger partial charge is 0.398 e. The van der Waals surface area contributed by atoms with Crippen molar-refractivity contribution in [3.8, 4) is 0 Å². The van der Waals surface area contributed by atoms with Crippen LogP contribution in [-0.2, 0) is 20.8 Å². The van der Waals surface area contributed by atoms with Crippen molar-refractivity contribution < 1.29 is 14.3 Å². The van der Waals surface area contributed by atoms with E-state index in [1.54, 1.807) is 19.1 Å². The highest BCUT2D eigenvalue weighted by atomic mass is 16.5. The molecule has 21 heavy (non-hydrogen) atoms. The molecule has 0 spiro atoms. The minimum atomic E-state index is -0.249. The molecule has 1 heterocycles. The van der Waals surface area contributed by atoms with Gasteiger partial charge < -0.3 is 24.7 Å². The Morgan fingerprint density at radius 2 is 1.95 bits per heavy atom. The second-order valence-electron chi connectivity index (χ2n) is 4.65. The van der Waals surface area contributed by atoms with Gasteiger partial charge in [-0.2, -0.15) is 0 Å². The molecule has 1 amide bonds. The van der Waals surface area contributed by atoms with Crippen LogP contribution >= 0.6 is 0 Å². The molecule has 0 aliphatic carbocycles. The van der Waals surface area contributed by atoms with E-state index in [1.807, 2.05) is 0 Å². The number of hydrogen-bond donors (Lipinski definition) is 1. The number of nitrogens with zero attached hydrogens (tertiary/aromatic N) is 2. The Hall–Kier alpha value is -1.86. The fourth-order valence-electron chi connectivity index (χ4n) is 1.88. The van der Waals surface area contributed by atoms with Gasteiger partial charge in [0.05, 0.1) is 6.61 Å². The quantitative estimate of drug-likeness (QED) is 0.645. The molecule has 0 unspecified atom stereocenters. The number of nitrogen functional groups attached to an aromatic ring is 1. The van der Waals surface area contributed by atoms with Crippen LogP contribution in [0.4, 0.5) is 5.69 Å². The molecule has 1 aromatic heterocycles.